The quantitative estimate of drug-likeness (QED) is 0.530. The van der Waals surface area contributed by atoms with E-state index in [0.29, 0.717) is 25.1 Å². The van der Waals surface area contributed by atoms with Gasteiger partial charge in [-0.2, -0.15) is 0 Å². The molecule has 0 saturated carbocycles. The third-order valence-electron chi connectivity index (χ3n) is 5.70. The van der Waals surface area contributed by atoms with Crippen LogP contribution in [0.4, 0.5) is 11.4 Å². The van der Waals surface area contributed by atoms with Gasteiger partial charge in [-0.3, -0.25) is 14.4 Å². The van der Waals surface area contributed by atoms with Crippen LogP contribution in [-0.2, 0) is 27.7 Å². The van der Waals surface area contributed by atoms with E-state index in [1.54, 1.807) is 18.2 Å². The SMILES string of the molecule is CCN(CC)CC(=O)Nc1ccccc1S(=O)(=O)Nc1ccc2c(c1C(=O)O)CCCC2. The number of aryl methyl sites for hydroxylation is 1. The molecule has 2 aromatic carbocycles. The monoisotopic (exact) mass is 459 g/mol. The van der Waals surface area contributed by atoms with E-state index in [0.717, 1.165) is 24.8 Å². The van der Waals surface area contributed by atoms with Gasteiger partial charge in [0.05, 0.1) is 23.5 Å². The number of carboxylic acid groups (broad SMARTS) is 1. The van der Waals surface area contributed by atoms with E-state index < -0.39 is 16.0 Å². The van der Waals surface area contributed by atoms with Gasteiger partial charge in [0.2, 0.25) is 5.91 Å². The zero-order chi connectivity index (χ0) is 23.3. The van der Waals surface area contributed by atoms with Crippen molar-refractivity contribution in [2.75, 3.05) is 29.7 Å². The van der Waals surface area contributed by atoms with E-state index >= 15 is 0 Å². The van der Waals surface area contributed by atoms with Crippen LogP contribution in [0, 0.1) is 0 Å². The molecule has 0 aromatic heterocycles. The minimum atomic E-state index is -4.15. The summed E-state index contributed by atoms with van der Waals surface area (Å²) >= 11 is 0. The molecule has 9 heteroatoms. The number of carbonyl (C=O) groups is 2. The molecule has 0 bridgehead atoms. The standard InChI is InChI=1S/C23H29N3O5S/c1-3-26(4-2)15-21(27)24-18-11-7-8-12-20(18)32(30,31)25-19-14-13-16-9-5-6-10-17(16)22(19)23(28)29/h7-8,11-14,25H,3-6,9-10,15H2,1-2H3,(H,24,27)(H,28,29). The van der Waals surface area contributed by atoms with Crippen molar-refractivity contribution < 1.29 is 23.1 Å². The lowest BCUT2D eigenvalue weighted by Crippen LogP contribution is -2.33. The van der Waals surface area contributed by atoms with Crippen molar-refractivity contribution in [2.24, 2.45) is 0 Å². The number of amides is 1. The van der Waals surface area contributed by atoms with Crippen LogP contribution < -0.4 is 10.0 Å². The molecular weight excluding hydrogens is 430 g/mol. The summed E-state index contributed by atoms with van der Waals surface area (Å²) in [5, 5.41) is 12.5. The zero-order valence-corrected chi connectivity index (χ0v) is 19.2. The van der Waals surface area contributed by atoms with E-state index in [4.69, 9.17) is 0 Å². The number of hydrogen-bond acceptors (Lipinski definition) is 5. The molecule has 0 unspecified atom stereocenters. The Hall–Kier alpha value is -2.91. The minimum absolute atomic E-state index is 0.00572. The Morgan fingerprint density at radius 3 is 2.38 bits per heavy atom. The molecule has 172 valence electrons. The zero-order valence-electron chi connectivity index (χ0n) is 18.3. The summed E-state index contributed by atoms with van der Waals surface area (Å²) < 4.78 is 28.9. The Kier molecular flexibility index (Phi) is 7.52. The largest absolute Gasteiger partial charge is 0.478 e. The first kappa shape index (κ1) is 23.7. The Labute approximate surface area is 188 Å². The van der Waals surface area contributed by atoms with Crippen molar-refractivity contribution >= 4 is 33.3 Å². The fourth-order valence-corrected chi connectivity index (χ4v) is 5.24. The molecule has 0 saturated heterocycles. The number of carboxylic acids is 1. The Morgan fingerprint density at radius 1 is 1.00 bits per heavy atom. The molecule has 2 aromatic rings. The third-order valence-corrected chi connectivity index (χ3v) is 7.13. The van der Waals surface area contributed by atoms with Crippen LogP contribution in [0.5, 0.6) is 0 Å². The molecule has 1 aliphatic rings. The molecule has 0 fully saturated rings. The Balaban J connectivity index is 1.92. The molecular formula is C23H29N3O5S. The summed E-state index contributed by atoms with van der Waals surface area (Å²) in [6.45, 7) is 5.42. The predicted octanol–water partition coefficient (Wildman–Crippen LogP) is 3.34. The van der Waals surface area contributed by atoms with Crippen LogP contribution in [0.25, 0.3) is 0 Å². The van der Waals surface area contributed by atoms with Crippen molar-refractivity contribution in [3.63, 3.8) is 0 Å². The molecule has 1 amide bonds. The molecule has 3 N–H and O–H groups in total. The molecule has 3 rings (SSSR count). The highest BCUT2D eigenvalue weighted by molar-refractivity contribution is 7.92. The highest BCUT2D eigenvalue weighted by Gasteiger charge is 2.26. The lowest BCUT2D eigenvalue weighted by atomic mass is 9.87. The second kappa shape index (κ2) is 10.1. The van der Waals surface area contributed by atoms with Gasteiger partial charge < -0.3 is 10.4 Å². The summed E-state index contributed by atoms with van der Waals surface area (Å²) in [4.78, 5) is 26.2. The maximum absolute atomic E-state index is 13.2. The van der Waals surface area contributed by atoms with Crippen LogP contribution in [0.3, 0.4) is 0 Å². The number of likely N-dealkylation sites (N-methyl/N-ethyl adjacent to an activating group) is 1. The van der Waals surface area contributed by atoms with E-state index in [2.05, 4.69) is 10.0 Å². The number of aromatic carboxylic acids is 1. The second-order valence-corrected chi connectivity index (χ2v) is 9.40. The summed E-state index contributed by atoms with van der Waals surface area (Å²) in [6, 6.07) is 9.38. The predicted molar refractivity (Wildman–Crippen MR) is 124 cm³/mol. The highest BCUT2D eigenvalue weighted by Crippen LogP contribution is 2.32. The van der Waals surface area contributed by atoms with Gasteiger partial charge in [-0.1, -0.05) is 32.0 Å². The summed E-state index contributed by atoms with van der Waals surface area (Å²) in [5.74, 6) is -1.49. The second-order valence-electron chi connectivity index (χ2n) is 7.75. The first-order valence-corrected chi connectivity index (χ1v) is 12.3. The van der Waals surface area contributed by atoms with Crippen LogP contribution in [0.2, 0.25) is 0 Å². The number of carbonyl (C=O) groups excluding carboxylic acids is 1. The highest BCUT2D eigenvalue weighted by atomic mass is 32.2. The van der Waals surface area contributed by atoms with Gasteiger partial charge in [-0.05, 0) is 68.1 Å². The number of nitrogens with zero attached hydrogens (tertiary/aromatic N) is 1. The van der Waals surface area contributed by atoms with E-state index in [1.165, 1.54) is 18.2 Å². The van der Waals surface area contributed by atoms with Crippen molar-refractivity contribution in [3.8, 4) is 0 Å². The number of nitrogens with one attached hydrogen (secondary N) is 2. The number of benzene rings is 2. The lowest BCUT2D eigenvalue weighted by Gasteiger charge is -2.21. The summed E-state index contributed by atoms with van der Waals surface area (Å²) in [7, 11) is -4.15. The van der Waals surface area contributed by atoms with Crippen LogP contribution in [0.1, 0.15) is 48.2 Å². The topological polar surface area (TPSA) is 116 Å². The first-order valence-electron chi connectivity index (χ1n) is 10.8. The van der Waals surface area contributed by atoms with Gasteiger partial charge in [-0.25, -0.2) is 13.2 Å². The normalized spacial score (nSPS) is 13.5. The van der Waals surface area contributed by atoms with Crippen LogP contribution in [0.15, 0.2) is 41.3 Å². The molecule has 0 radical (unpaired) electrons. The molecule has 32 heavy (non-hydrogen) atoms. The smallest absolute Gasteiger partial charge is 0.338 e. The molecule has 0 atom stereocenters. The number of fused-ring (bicyclic) bond motifs is 1. The van der Waals surface area contributed by atoms with E-state index in [-0.39, 0.29) is 34.3 Å². The number of anilines is 2. The van der Waals surface area contributed by atoms with E-state index in [1.807, 2.05) is 18.7 Å². The van der Waals surface area contributed by atoms with Gasteiger partial charge in [0.1, 0.15) is 4.90 Å². The average Bonchev–Trinajstić information content (AvgIpc) is 2.77. The van der Waals surface area contributed by atoms with Crippen molar-refractivity contribution in [3.05, 3.63) is 53.1 Å². The lowest BCUT2D eigenvalue weighted by molar-refractivity contribution is -0.117. The van der Waals surface area contributed by atoms with Crippen LogP contribution >= 0.6 is 0 Å². The summed E-state index contributed by atoms with van der Waals surface area (Å²) in [5.41, 5.74) is 1.80. The number of hydrogen-bond donors (Lipinski definition) is 3. The molecule has 0 spiro atoms. The van der Waals surface area contributed by atoms with Gasteiger partial charge in [0.15, 0.2) is 0 Å². The van der Waals surface area contributed by atoms with E-state index in [9.17, 15) is 23.1 Å². The number of rotatable bonds is 9. The summed E-state index contributed by atoms with van der Waals surface area (Å²) in [6.07, 6.45) is 3.23. The van der Waals surface area contributed by atoms with Gasteiger partial charge in [0.25, 0.3) is 10.0 Å². The van der Waals surface area contributed by atoms with Crippen LogP contribution in [-0.4, -0.2) is 49.9 Å². The fourth-order valence-electron chi connectivity index (χ4n) is 4.00. The van der Waals surface area contributed by atoms with Crippen molar-refractivity contribution in [1.29, 1.82) is 0 Å². The Bertz CT molecular complexity index is 1110. The molecule has 1 aliphatic carbocycles. The molecule has 0 aliphatic heterocycles. The molecule has 0 heterocycles. The maximum atomic E-state index is 13.2. The number of sulfonamides is 1. The van der Waals surface area contributed by atoms with Crippen molar-refractivity contribution in [1.82, 2.24) is 4.90 Å². The fraction of sp³-hybridized carbons (Fsp3) is 0.391. The van der Waals surface area contributed by atoms with Gasteiger partial charge >= 0.3 is 5.97 Å². The number of para-hydroxylation sites is 1. The Morgan fingerprint density at radius 2 is 1.69 bits per heavy atom. The first-order chi connectivity index (χ1) is 15.3. The third kappa shape index (κ3) is 5.28. The minimum Gasteiger partial charge on any atom is -0.478 e. The van der Waals surface area contributed by atoms with Gasteiger partial charge in [-0.15, -0.1) is 0 Å². The maximum Gasteiger partial charge on any atom is 0.338 e. The van der Waals surface area contributed by atoms with Gasteiger partial charge in [0, 0.05) is 0 Å². The van der Waals surface area contributed by atoms with Crippen molar-refractivity contribution in [2.45, 2.75) is 44.4 Å². The molecule has 8 nitrogen and oxygen atoms in total. The average molecular weight is 460 g/mol.